The molecule has 0 spiro atoms. The second-order valence-corrected chi connectivity index (χ2v) is 7.59. The highest BCUT2D eigenvalue weighted by Gasteiger charge is 2.40. The van der Waals surface area contributed by atoms with Crippen molar-refractivity contribution in [2.24, 2.45) is 0 Å². The molecule has 1 fully saturated rings. The van der Waals surface area contributed by atoms with Crippen molar-refractivity contribution >= 4 is 18.7 Å². The molecule has 7 nitrogen and oxygen atoms in total. The maximum absolute atomic E-state index is 12.7. The van der Waals surface area contributed by atoms with Gasteiger partial charge in [-0.25, -0.2) is 9.78 Å². The summed E-state index contributed by atoms with van der Waals surface area (Å²) in [5, 5.41) is 19.4. The number of hydrogen-bond donors (Lipinski definition) is 3. The number of H-pyrrole nitrogens is 1. The van der Waals surface area contributed by atoms with Crippen LogP contribution in [0, 0.1) is 0 Å². The van der Waals surface area contributed by atoms with Gasteiger partial charge in [-0.15, -0.1) is 0 Å². The lowest BCUT2D eigenvalue weighted by molar-refractivity contribution is 0.0220. The van der Waals surface area contributed by atoms with E-state index in [4.69, 9.17) is 4.74 Å². The predicted molar refractivity (Wildman–Crippen MR) is 97.9 cm³/mol. The fourth-order valence-corrected chi connectivity index (χ4v) is 3.45. The number of carbonyl (C=O) groups excluding carboxylic acids is 1. The van der Waals surface area contributed by atoms with Crippen LogP contribution in [-0.2, 0) is 4.74 Å². The Kier molecular flexibility index (Phi) is 5.07. The molecule has 0 aliphatic carbocycles. The third-order valence-corrected chi connectivity index (χ3v) is 4.52. The first-order valence-corrected chi connectivity index (χ1v) is 8.69. The number of ether oxygens (including phenoxy) is 1. The lowest BCUT2D eigenvalue weighted by atomic mass is 9.73. The molecule has 1 amide bonds. The molecule has 0 unspecified atom stereocenters. The Morgan fingerprint density at radius 2 is 2.08 bits per heavy atom. The molecule has 1 aromatic heterocycles. The number of benzene rings is 1. The van der Waals surface area contributed by atoms with Crippen LogP contribution in [0.5, 0.6) is 0 Å². The molecule has 1 saturated heterocycles. The van der Waals surface area contributed by atoms with Crippen molar-refractivity contribution in [3.63, 3.8) is 0 Å². The average molecular weight is 357 g/mol. The zero-order chi connectivity index (χ0) is 18.9. The van der Waals surface area contributed by atoms with E-state index < -0.39 is 12.7 Å². The van der Waals surface area contributed by atoms with Crippen molar-refractivity contribution in [1.82, 2.24) is 14.9 Å². The van der Waals surface area contributed by atoms with Crippen LogP contribution in [0.4, 0.5) is 4.79 Å². The Hall–Kier alpha value is -2.32. The second kappa shape index (κ2) is 7.13. The molecular formula is C18H24BN3O4. The highest BCUT2D eigenvalue weighted by molar-refractivity contribution is 6.59. The van der Waals surface area contributed by atoms with E-state index in [0.29, 0.717) is 18.4 Å². The van der Waals surface area contributed by atoms with Gasteiger partial charge in [0.15, 0.2) is 0 Å². The molecule has 138 valence electrons. The summed E-state index contributed by atoms with van der Waals surface area (Å²) in [5.41, 5.74) is 1.54. The maximum atomic E-state index is 12.7. The topological polar surface area (TPSA) is 98.7 Å². The van der Waals surface area contributed by atoms with E-state index in [9.17, 15) is 14.8 Å². The molecule has 0 radical (unpaired) electrons. The summed E-state index contributed by atoms with van der Waals surface area (Å²) in [4.78, 5) is 21.6. The van der Waals surface area contributed by atoms with Crippen molar-refractivity contribution in [3.8, 4) is 0 Å². The summed E-state index contributed by atoms with van der Waals surface area (Å²) >= 11 is 0. The van der Waals surface area contributed by atoms with Crippen LogP contribution < -0.4 is 5.46 Å². The summed E-state index contributed by atoms with van der Waals surface area (Å²) in [6.45, 7) is 5.94. The van der Waals surface area contributed by atoms with E-state index in [1.807, 2.05) is 32.9 Å². The number of rotatable bonds is 3. The number of likely N-dealkylation sites (tertiary alicyclic amines) is 1. The maximum Gasteiger partial charge on any atom is 0.488 e. The standard InChI is InChI=1S/C18H24BN3O4/c1-18(2,3)26-17(23)22-10-12(8-16(22)15-9-20-11-21-15)13-6-4-5-7-14(13)19(24)25/h4-7,9,11-12,16,24-25H,8,10H2,1-3H3,(H,20,21)/t12-,16+/m1/s1. The Labute approximate surface area is 153 Å². The monoisotopic (exact) mass is 357 g/mol. The van der Waals surface area contributed by atoms with Gasteiger partial charge in [-0.2, -0.15) is 0 Å². The van der Waals surface area contributed by atoms with Crippen LogP contribution in [0.3, 0.4) is 0 Å². The summed E-state index contributed by atoms with van der Waals surface area (Å²) in [5.74, 6) is -0.0335. The van der Waals surface area contributed by atoms with Crippen LogP contribution in [0.15, 0.2) is 36.8 Å². The van der Waals surface area contributed by atoms with E-state index in [0.717, 1.165) is 11.3 Å². The number of imidazole rings is 1. The number of nitrogens with zero attached hydrogens (tertiary/aromatic N) is 2. The Morgan fingerprint density at radius 3 is 2.69 bits per heavy atom. The summed E-state index contributed by atoms with van der Waals surface area (Å²) in [6, 6.07) is 7.00. The van der Waals surface area contributed by atoms with Gasteiger partial charge in [-0.1, -0.05) is 24.3 Å². The zero-order valence-electron chi connectivity index (χ0n) is 15.2. The van der Waals surface area contributed by atoms with E-state index in [2.05, 4.69) is 9.97 Å². The first-order valence-electron chi connectivity index (χ1n) is 8.69. The molecule has 0 bridgehead atoms. The number of aromatic nitrogens is 2. The van der Waals surface area contributed by atoms with Crippen LogP contribution in [0.25, 0.3) is 0 Å². The van der Waals surface area contributed by atoms with E-state index in [-0.39, 0.29) is 18.1 Å². The average Bonchev–Trinajstić information content (AvgIpc) is 3.22. The van der Waals surface area contributed by atoms with Crippen molar-refractivity contribution in [2.75, 3.05) is 6.54 Å². The number of nitrogens with one attached hydrogen (secondary N) is 1. The largest absolute Gasteiger partial charge is 0.488 e. The fourth-order valence-electron chi connectivity index (χ4n) is 3.45. The Balaban J connectivity index is 1.91. The predicted octanol–water partition coefficient (Wildman–Crippen LogP) is 1.56. The Bertz CT molecular complexity index is 758. The molecular weight excluding hydrogens is 333 g/mol. The number of carbonyl (C=O) groups is 1. The van der Waals surface area contributed by atoms with Gasteiger partial charge in [-0.05, 0) is 38.2 Å². The number of aromatic amines is 1. The van der Waals surface area contributed by atoms with E-state index in [1.165, 1.54) is 0 Å². The molecule has 8 heteroatoms. The summed E-state index contributed by atoms with van der Waals surface area (Å²) in [7, 11) is -1.55. The first-order chi connectivity index (χ1) is 12.3. The third kappa shape index (κ3) is 3.91. The lowest BCUT2D eigenvalue weighted by Crippen LogP contribution is -2.37. The normalized spacial score (nSPS) is 20.3. The van der Waals surface area contributed by atoms with Gasteiger partial charge in [0.25, 0.3) is 0 Å². The van der Waals surface area contributed by atoms with Crippen molar-refractivity contribution in [1.29, 1.82) is 0 Å². The number of amides is 1. The van der Waals surface area contributed by atoms with Gasteiger partial charge < -0.3 is 19.8 Å². The van der Waals surface area contributed by atoms with E-state index >= 15 is 0 Å². The van der Waals surface area contributed by atoms with Crippen molar-refractivity contribution in [3.05, 3.63) is 48.0 Å². The summed E-state index contributed by atoms with van der Waals surface area (Å²) < 4.78 is 5.57. The van der Waals surface area contributed by atoms with Gasteiger partial charge in [0.1, 0.15) is 5.60 Å². The molecule has 1 aliphatic rings. The highest BCUT2D eigenvalue weighted by Crippen LogP contribution is 2.40. The second-order valence-electron chi connectivity index (χ2n) is 7.59. The molecule has 1 aliphatic heterocycles. The van der Waals surface area contributed by atoms with Crippen LogP contribution in [-0.4, -0.2) is 50.3 Å². The summed E-state index contributed by atoms with van der Waals surface area (Å²) in [6.07, 6.45) is 3.55. The molecule has 2 heterocycles. The minimum absolute atomic E-state index is 0.0335. The van der Waals surface area contributed by atoms with Crippen LogP contribution in [0.2, 0.25) is 0 Å². The molecule has 3 N–H and O–H groups in total. The van der Waals surface area contributed by atoms with Crippen molar-refractivity contribution in [2.45, 2.75) is 44.8 Å². The third-order valence-electron chi connectivity index (χ3n) is 4.52. The fraction of sp³-hybridized carbons (Fsp3) is 0.444. The molecule has 26 heavy (non-hydrogen) atoms. The van der Waals surface area contributed by atoms with Crippen LogP contribution >= 0.6 is 0 Å². The lowest BCUT2D eigenvalue weighted by Gasteiger charge is -2.28. The molecule has 2 aromatic rings. The quantitative estimate of drug-likeness (QED) is 0.724. The van der Waals surface area contributed by atoms with Gasteiger partial charge in [0.05, 0.1) is 24.3 Å². The zero-order valence-corrected chi connectivity index (χ0v) is 15.2. The number of hydrogen-bond acceptors (Lipinski definition) is 5. The van der Waals surface area contributed by atoms with E-state index in [1.54, 1.807) is 29.6 Å². The highest BCUT2D eigenvalue weighted by atomic mass is 16.6. The molecule has 2 atom stereocenters. The van der Waals surface area contributed by atoms with Crippen LogP contribution in [0.1, 0.15) is 50.4 Å². The van der Waals surface area contributed by atoms with Crippen molar-refractivity contribution < 1.29 is 19.6 Å². The first kappa shape index (κ1) is 18.5. The van der Waals surface area contributed by atoms with Gasteiger partial charge in [0.2, 0.25) is 0 Å². The SMILES string of the molecule is CC(C)(C)OC(=O)N1C[C@H](c2ccccc2B(O)O)C[C@H]1c1cnc[nH]1. The minimum Gasteiger partial charge on any atom is -0.444 e. The van der Waals surface area contributed by atoms with Gasteiger partial charge in [-0.3, -0.25) is 4.90 Å². The Morgan fingerprint density at radius 1 is 1.35 bits per heavy atom. The smallest absolute Gasteiger partial charge is 0.444 e. The van der Waals surface area contributed by atoms with Gasteiger partial charge >= 0.3 is 13.2 Å². The minimum atomic E-state index is -1.55. The van der Waals surface area contributed by atoms with Gasteiger partial charge in [0, 0.05) is 12.5 Å². The molecule has 3 rings (SSSR count). The molecule has 0 saturated carbocycles. The molecule has 1 aromatic carbocycles.